The molecule has 262 valence electrons. The number of hydrogen-bond acceptors (Lipinski definition) is 6. The summed E-state index contributed by atoms with van der Waals surface area (Å²) in [5.41, 5.74) is 5.29. The standard InChI is InChI=1S/C43H34N4O5S/c1-29-20-25-36(47(51)52)28-38(29)45-43(50)40(33-14-7-3-8-15-33)53-37-19-11-18-35(27-37)44-42(49)39(46-41(48)34-16-9-4-10-17-34)26-30-21-23-32(24-22-30)31-12-5-2-6-13-31/h2-28,40H,1H3,(H,44,49)(H,45,50)(H,46,48)/b39-26+. The quantitative estimate of drug-likeness (QED) is 0.0500. The van der Waals surface area contributed by atoms with Crippen LogP contribution in [-0.4, -0.2) is 22.6 Å². The maximum absolute atomic E-state index is 13.8. The van der Waals surface area contributed by atoms with Crippen LogP contribution in [0.5, 0.6) is 0 Å². The number of carbonyl (C=O) groups is 3. The minimum atomic E-state index is -0.736. The van der Waals surface area contributed by atoms with Crippen molar-refractivity contribution in [1.29, 1.82) is 0 Å². The number of amides is 3. The molecule has 1 unspecified atom stereocenters. The third kappa shape index (κ3) is 9.52. The van der Waals surface area contributed by atoms with Gasteiger partial charge in [-0.1, -0.05) is 115 Å². The van der Waals surface area contributed by atoms with E-state index in [1.807, 2.05) is 91.0 Å². The first-order valence-electron chi connectivity index (χ1n) is 16.7. The molecule has 0 aliphatic heterocycles. The van der Waals surface area contributed by atoms with Crippen molar-refractivity contribution in [3.8, 4) is 11.1 Å². The number of benzene rings is 6. The van der Waals surface area contributed by atoms with Gasteiger partial charge in [0.1, 0.15) is 10.9 Å². The molecule has 10 heteroatoms. The van der Waals surface area contributed by atoms with Crippen LogP contribution in [0.2, 0.25) is 0 Å². The predicted octanol–water partition coefficient (Wildman–Crippen LogP) is 9.45. The maximum atomic E-state index is 13.8. The highest BCUT2D eigenvalue weighted by atomic mass is 32.2. The molecule has 0 bridgehead atoms. The van der Waals surface area contributed by atoms with Gasteiger partial charge in [0.25, 0.3) is 17.5 Å². The number of aryl methyl sites for hydroxylation is 1. The number of nitro benzene ring substituents is 1. The van der Waals surface area contributed by atoms with Gasteiger partial charge in [-0.2, -0.15) is 0 Å². The molecule has 3 amide bonds. The molecule has 6 aromatic carbocycles. The van der Waals surface area contributed by atoms with Crippen molar-refractivity contribution in [3.63, 3.8) is 0 Å². The summed E-state index contributed by atoms with van der Waals surface area (Å²) in [6.45, 7) is 1.76. The van der Waals surface area contributed by atoms with E-state index in [2.05, 4.69) is 16.0 Å². The number of thioether (sulfide) groups is 1. The fourth-order valence-corrected chi connectivity index (χ4v) is 6.53. The fourth-order valence-electron chi connectivity index (χ4n) is 5.45. The molecule has 0 spiro atoms. The fraction of sp³-hybridized carbons (Fsp3) is 0.0465. The minimum Gasteiger partial charge on any atom is -0.324 e. The summed E-state index contributed by atoms with van der Waals surface area (Å²) in [6.07, 6.45) is 1.62. The van der Waals surface area contributed by atoms with Gasteiger partial charge >= 0.3 is 0 Å². The van der Waals surface area contributed by atoms with E-state index in [1.54, 1.807) is 67.6 Å². The van der Waals surface area contributed by atoms with Gasteiger partial charge in [0, 0.05) is 28.3 Å². The lowest BCUT2D eigenvalue weighted by molar-refractivity contribution is -0.384. The van der Waals surface area contributed by atoms with Crippen LogP contribution in [-0.2, 0) is 9.59 Å². The third-order valence-electron chi connectivity index (χ3n) is 8.23. The second-order valence-electron chi connectivity index (χ2n) is 12.0. The average molecular weight is 719 g/mol. The molecule has 0 saturated carbocycles. The summed E-state index contributed by atoms with van der Waals surface area (Å²) in [5.74, 6) is -1.35. The van der Waals surface area contributed by atoms with Gasteiger partial charge in [-0.05, 0) is 71.1 Å². The highest BCUT2D eigenvalue weighted by Crippen LogP contribution is 2.38. The number of non-ortho nitro benzene ring substituents is 1. The zero-order chi connectivity index (χ0) is 37.2. The Hall–Kier alpha value is -6.78. The van der Waals surface area contributed by atoms with Gasteiger partial charge in [0.2, 0.25) is 5.91 Å². The van der Waals surface area contributed by atoms with E-state index in [4.69, 9.17) is 0 Å². The van der Waals surface area contributed by atoms with Gasteiger partial charge in [0.15, 0.2) is 0 Å². The van der Waals surface area contributed by atoms with Gasteiger partial charge in [-0.25, -0.2) is 0 Å². The summed E-state index contributed by atoms with van der Waals surface area (Å²) in [7, 11) is 0. The van der Waals surface area contributed by atoms with Crippen LogP contribution in [0.15, 0.2) is 168 Å². The van der Waals surface area contributed by atoms with Crippen molar-refractivity contribution in [1.82, 2.24) is 5.32 Å². The second kappa shape index (κ2) is 17.0. The van der Waals surface area contributed by atoms with E-state index >= 15 is 0 Å². The van der Waals surface area contributed by atoms with Crippen LogP contribution in [0.1, 0.15) is 32.3 Å². The van der Waals surface area contributed by atoms with E-state index in [0.717, 1.165) is 16.7 Å². The Balaban J connectivity index is 1.24. The molecule has 0 saturated heterocycles. The van der Waals surface area contributed by atoms with Crippen molar-refractivity contribution in [2.24, 2.45) is 0 Å². The van der Waals surface area contributed by atoms with Gasteiger partial charge < -0.3 is 16.0 Å². The van der Waals surface area contributed by atoms with Crippen LogP contribution >= 0.6 is 11.8 Å². The Labute approximate surface area is 310 Å². The lowest BCUT2D eigenvalue weighted by Gasteiger charge is -2.18. The predicted molar refractivity (Wildman–Crippen MR) is 210 cm³/mol. The third-order valence-corrected chi connectivity index (χ3v) is 9.48. The normalized spacial score (nSPS) is 11.6. The molecule has 0 aromatic heterocycles. The van der Waals surface area contributed by atoms with Gasteiger partial charge in [0.05, 0.1) is 10.6 Å². The number of carbonyl (C=O) groups excluding carboxylic acids is 3. The van der Waals surface area contributed by atoms with Crippen molar-refractivity contribution < 1.29 is 19.3 Å². The van der Waals surface area contributed by atoms with E-state index in [-0.39, 0.29) is 17.3 Å². The first-order chi connectivity index (χ1) is 25.7. The number of hydrogen-bond donors (Lipinski definition) is 3. The van der Waals surface area contributed by atoms with Crippen LogP contribution < -0.4 is 16.0 Å². The number of anilines is 2. The van der Waals surface area contributed by atoms with Crippen molar-refractivity contribution in [3.05, 3.63) is 196 Å². The molecule has 6 rings (SSSR count). The monoisotopic (exact) mass is 718 g/mol. The van der Waals surface area contributed by atoms with Gasteiger partial charge in [-0.15, -0.1) is 11.8 Å². The summed E-state index contributed by atoms with van der Waals surface area (Å²) < 4.78 is 0. The molecule has 6 aromatic rings. The van der Waals surface area contributed by atoms with Crippen LogP contribution in [0.4, 0.5) is 17.1 Å². The van der Waals surface area contributed by atoms with Crippen LogP contribution in [0, 0.1) is 17.0 Å². The minimum absolute atomic E-state index is 0.0400. The van der Waals surface area contributed by atoms with E-state index < -0.39 is 22.0 Å². The topological polar surface area (TPSA) is 130 Å². The smallest absolute Gasteiger partial charge is 0.272 e. The molecule has 9 nitrogen and oxygen atoms in total. The molecule has 0 radical (unpaired) electrons. The molecule has 53 heavy (non-hydrogen) atoms. The molecule has 0 fully saturated rings. The molecule has 3 N–H and O–H groups in total. The number of nitro groups is 1. The molecule has 0 aliphatic rings. The highest BCUT2D eigenvalue weighted by Gasteiger charge is 2.24. The molecular formula is C43H34N4O5S. The summed E-state index contributed by atoms with van der Waals surface area (Å²) in [4.78, 5) is 52.4. The molecule has 0 aliphatic carbocycles. The van der Waals surface area contributed by atoms with E-state index in [9.17, 15) is 24.5 Å². The Kier molecular flexibility index (Phi) is 11.5. The lowest BCUT2D eigenvalue weighted by Crippen LogP contribution is -2.30. The Morgan fingerprint density at radius 1 is 0.698 bits per heavy atom. The number of nitrogens with one attached hydrogen (secondary N) is 3. The van der Waals surface area contributed by atoms with Crippen molar-refractivity contribution in [2.45, 2.75) is 17.1 Å². The zero-order valence-corrected chi connectivity index (χ0v) is 29.4. The van der Waals surface area contributed by atoms with E-state index in [1.165, 1.54) is 23.9 Å². The Morgan fingerprint density at radius 3 is 2.02 bits per heavy atom. The second-order valence-corrected chi connectivity index (χ2v) is 13.2. The average Bonchev–Trinajstić information content (AvgIpc) is 3.18. The number of rotatable bonds is 12. The van der Waals surface area contributed by atoms with Crippen LogP contribution in [0.25, 0.3) is 17.2 Å². The highest BCUT2D eigenvalue weighted by molar-refractivity contribution is 8.00. The van der Waals surface area contributed by atoms with Gasteiger partial charge in [-0.3, -0.25) is 24.5 Å². The maximum Gasteiger partial charge on any atom is 0.272 e. The first-order valence-corrected chi connectivity index (χ1v) is 17.5. The largest absolute Gasteiger partial charge is 0.324 e. The first kappa shape index (κ1) is 36.0. The van der Waals surface area contributed by atoms with Crippen molar-refractivity contribution >= 4 is 52.6 Å². The lowest BCUT2D eigenvalue weighted by atomic mass is 10.0. The number of nitrogens with zero attached hydrogens (tertiary/aromatic N) is 1. The Morgan fingerprint density at radius 2 is 1.34 bits per heavy atom. The molecule has 1 atom stereocenters. The van der Waals surface area contributed by atoms with Crippen molar-refractivity contribution in [2.75, 3.05) is 10.6 Å². The van der Waals surface area contributed by atoms with Crippen LogP contribution in [0.3, 0.4) is 0 Å². The Bertz CT molecular complexity index is 2280. The van der Waals surface area contributed by atoms with E-state index in [0.29, 0.717) is 33.0 Å². The summed E-state index contributed by atoms with van der Waals surface area (Å²) in [6, 6.07) is 46.8. The molecular weight excluding hydrogens is 685 g/mol. The molecule has 0 heterocycles. The summed E-state index contributed by atoms with van der Waals surface area (Å²) >= 11 is 1.26. The zero-order valence-electron chi connectivity index (χ0n) is 28.6. The summed E-state index contributed by atoms with van der Waals surface area (Å²) in [5, 5.41) is 19.2. The SMILES string of the molecule is Cc1ccc([N+](=O)[O-])cc1NC(=O)C(Sc1cccc(NC(=O)/C(=C\c2ccc(-c3ccccc3)cc2)NC(=O)c2ccccc2)c1)c1ccccc1.